The van der Waals surface area contributed by atoms with E-state index in [9.17, 15) is 18.0 Å². The summed E-state index contributed by atoms with van der Waals surface area (Å²) in [6, 6.07) is 3.03. The highest BCUT2D eigenvalue weighted by Crippen LogP contribution is 2.33. The Morgan fingerprint density at radius 2 is 2.06 bits per heavy atom. The van der Waals surface area contributed by atoms with Crippen molar-refractivity contribution >= 4 is 27.5 Å². The molecule has 0 unspecified atom stereocenters. The van der Waals surface area contributed by atoms with Crippen LogP contribution in [-0.2, 0) is 15.7 Å². The van der Waals surface area contributed by atoms with Gasteiger partial charge in [0.15, 0.2) is 0 Å². The van der Waals surface area contributed by atoms with Gasteiger partial charge in [0, 0.05) is 11.6 Å². The number of rotatable bonds is 3. The molecule has 0 bridgehead atoms. The maximum atomic E-state index is 12.5. The highest BCUT2D eigenvalue weighted by Gasteiger charge is 2.31. The van der Waals surface area contributed by atoms with Crippen molar-refractivity contribution in [2.45, 2.75) is 19.2 Å². The summed E-state index contributed by atoms with van der Waals surface area (Å²) in [6.07, 6.45) is -5.20. The Labute approximate surface area is 110 Å². The zero-order valence-corrected chi connectivity index (χ0v) is 11.2. The number of benzene rings is 1. The van der Waals surface area contributed by atoms with Gasteiger partial charge in [-0.15, -0.1) is 0 Å². The molecule has 0 aliphatic carbocycles. The van der Waals surface area contributed by atoms with Crippen LogP contribution in [0.5, 0.6) is 0 Å². The van der Waals surface area contributed by atoms with E-state index < -0.39 is 23.8 Å². The second kappa shape index (κ2) is 5.71. The minimum atomic E-state index is -4.45. The number of amides is 1. The summed E-state index contributed by atoms with van der Waals surface area (Å²) >= 11 is 3.07. The molecule has 0 spiro atoms. The lowest BCUT2D eigenvalue weighted by atomic mass is 10.2. The lowest BCUT2D eigenvalue weighted by Crippen LogP contribution is -2.26. The van der Waals surface area contributed by atoms with E-state index in [-0.39, 0.29) is 5.69 Å². The molecule has 0 aliphatic rings. The van der Waals surface area contributed by atoms with Crippen molar-refractivity contribution in [3.05, 3.63) is 28.2 Å². The summed E-state index contributed by atoms with van der Waals surface area (Å²) in [5.41, 5.74) is -0.773. The van der Waals surface area contributed by atoms with Crippen molar-refractivity contribution in [1.82, 2.24) is 0 Å². The largest absolute Gasteiger partial charge is 0.416 e. The normalized spacial score (nSPS) is 13.2. The predicted octanol–water partition coefficient (Wildman–Crippen LogP) is 3.44. The van der Waals surface area contributed by atoms with Gasteiger partial charge in [-0.2, -0.15) is 13.2 Å². The van der Waals surface area contributed by atoms with Crippen molar-refractivity contribution in [3.8, 4) is 0 Å². The number of nitrogens with one attached hydrogen (secondary N) is 1. The Morgan fingerprint density at radius 3 is 2.56 bits per heavy atom. The minimum absolute atomic E-state index is 0.0544. The third-order valence-electron chi connectivity index (χ3n) is 2.27. The van der Waals surface area contributed by atoms with Gasteiger partial charge in [0.1, 0.15) is 6.10 Å². The summed E-state index contributed by atoms with van der Waals surface area (Å²) < 4.78 is 42.7. The van der Waals surface area contributed by atoms with Gasteiger partial charge in [-0.1, -0.05) is 0 Å². The Bertz CT molecular complexity index is 448. The predicted molar refractivity (Wildman–Crippen MR) is 64.2 cm³/mol. The fraction of sp³-hybridized carbons (Fsp3) is 0.364. The van der Waals surface area contributed by atoms with E-state index in [0.717, 1.165) is 12.1 Å². The molecule has 0 aliphatic heterocycles. The first kappa shape index (κ1) is 15.0. The molecule has 1 amide bonds. The molecular weight excluding hydrogens is 315 g/mol. The number of carbonyl (C=O) groups excluding carboxylic acids is 1. The first-order chi connectivity index (χ1) is 8.25. The Hall–Kier alpha value is -1.08. The van der Waals surface area contributed by atoms with Gasteiger partial charge in [0.2, 0.25) is 0 Å². The van der Waals surface area contributed by atoms with Crippen LogP contribution in [0.2, 0.25) is 0 Å². The molecule has 1 atom stereocenters. The van der Waals surface area contributed by atoms with Gasteiger partial charge in [-0.3, -0.25) is 4.79 Å². The third-order valence-corrected chi connectivity index (χ3v) is 2.97. The SMILES string of the molecule is CO[C@H](C)C(=O)Nc1cc(C(F)(F)F)ccc1Br. The van der Waals surface area contributed by atoms with Crippen LogP contribution in [0.3, 0.4) is 0 Å². The molecule has 1 rings (SSSR count). The average Bonchev–Trinajstić information content (AvgIpc) is 2.29. The fourth-order valence-electron chi connectivity index (χ4n) is 1.14. The molecule has 0 fully saturated rings. The lowest BCUT2D eigenvalue weighted by molar-refractivity contribution is -0.137. The second-order valence-electron chi connectivity index (χ2n) is 3.56. The first-order valence-corrected chi connectivity index (χ1v) is 5.75. The van der Waals surface area contributed by atoms with Crippen LogP contribution in [0.15, 0.2) is 22.7 Å². The summed E-state index contributed by atoms with van der Waals surface area (Å²) in [4.78, 5) is 11.5. The van der Waals surface area contributed by atoms with Crippen LogP contribution in [0.25, 0.3) is 0 Å². The zero-order valence-electron chi connectivity index (χ0n) is 9.64. The maximum Gasteiger partial charge on any atom is 0.416 e. The smallest absolute Gasteiger partial charge is 0.372 e. The van der Waals surface area contributed by atoms with E-state index in [1.807, 2.05) is 0 Å². The Balaban J connectivity index is 2.99. The third kappa shape index (κ3) is 3.71. The molecule has 0 saturated heterocycles. The summed E-state index contributed by atoms with van der Waals surface area (Å²) in [5, 5.41) is 2.36. The first-order valence-electron chi connectivity index (χ1n) is 4.96. The maximum absolute atomic E-state index is 12.5. The molecule has 0 saturated carbocycles. The molecular formula is C11H11BrF3NO2. The molecule has 1 aromatic carbocycles. The van der Waals surface area contributed by atoms with Crippen molar-refractivity contribution in [2.24, 2.45) is 0 Å². The fourth-order valence-corrected chi connectivity index (χ4v) is 1.48. The number of alkyl halides is 3. The topological polar surface area (TPSA) is 38.3 Å². The number of ether oxygens (including phenoxy) is 1. The van der Waals surface area contributed by atoms with E-state index in [0.29, 0.717) is 4.47 Å². The van der Waals surface area contributed by atoms with Crippen molar-refractivity contribution in [3.63, 3.8) is 0 Å². The van der Waals surface area contributed by atoms with Crippen LogP contribution in [0.1, 0.15) is 12.5 Å². The van der Waals surface area contributed by atoms with Crippen molar-refractivity contribution in [1.29, 1.82) is 0 Å². The molecule has 0 radical (unpaired) electrons. The number of methoxy groups -OCH3 is 1. The number of halogens is 4. The molecule has 3 nitrogen and oxygen atoms in total. The van der Waals surface area contributed by atoms with Gasteiger partial charge < -0.3 is 10.1 Å². The Kier molecular flexibility index (Phi) is 4.75. The lowest BCUT2D eigenvalue weighted by Gasteiger charge is -2.14. The van der Waals surface area contributed by atoms with Crippen molar-refractivity contribution in [2.75, 3.05) is 12.4 Å². The van der Waals surface area contributed by atoms with E-state index in [2.05, 4.69) is 21.2 Å². The van der Waals surface area contributed by atoms with Gasteiger partial charge >= 0.3 is 6.18 Å². The Morgan fingerprint density at radius 1 is 1.44 bits per heavy atom. The van der Waals surface area contributed by atoms with Gasteiger partial charge in [-0.25, -0.2) is 0 Å². The number of carbonyl (C=O) groups is 1. The molecule has 0 aromatic heterocycles. The highest BCUT2D eigenvalue weighted by molar-refractivity contribution is 9.10. The second-order valence-corrected chi connectivity index (χ2v) is 4.41. The van der Waals surface area contributed by atoms with Crippen molar-refractivity contribution < 1.29 is 22.7 Å². The van der Waals surface area contributed by atoms with Crippen LogP contribution in [-0.4, -0.2) is 19.1 Å². The van der Waals surface area contributed by atoms with E-state index in [1.54, 1.807) is 0 Å². The van der Waals surface area contributed by atoms with Crippen LogP contribution >= 0.6 is 15.9 Å². The summed E-state index contributed by atoms with van der Waals surface area (Å²) in [6.45, 7) is 1.50. The van der Waals surface area contributed by atoms with Gasteiger partial charge in [0.25, 0.3) is 5.91 Å². The molecule has 100 valence electrons. The van der Waals surface area contributed by atoms with Gasteiger partial charge in [0.05, 0.1) is 11.3 Å². The van der Waals surface area contributed by atoms with E-state index in [1.165, 1.54) is 20.1 Å². The molecule has 1 aromatic rings. The van der Waals surface area contributed by atoms with Crippen LogP contribution in [0.4, 0.5) is 18.9 Å². The summed E-state index contributed by atoms with van der Waals surface area (Å²) in [5.74, 6) is -0.516. The molecule has 0 heterocycles. The van der Waals surface area contributed by atoms with Crippen LogP contribution in [0, 0.1) is 0 Å². The minimum Gasteiger partial charge on any atom is -0.372 e. The number of anilines is 1. The van der Waals surface area contributed by atoms with Crippen LogP contribution < -0.4 is 5.32 Å². The quantitative estimate of drug-likeness (QED) is 0.924. The highest BCUT2D eigenvalue weighted by atomic mass is 79.9. The van der Waals surface area contributed by atoms with E-state index >= 15 is 0 Å². The summed E-state index contributed by atoms with van der Waals surface area (Å²) in [7, 11) is 1.34. The molecule has 18 heavy (non-hydrogen) atoms. The standard InChI is InChI=1S/C11H11BrF3NO2/c1-6(18-2)10(17)16-9-5-7(11(13,14)15)3-4-8(9)12/h3-6H,1-2H3,(H,16,17)/t6-/m1/s1. The number of hydrogen-bond acceptors (Lipinski definition) is 2. The average molecular weight is 326 g/mol. The van der Waals surface area contributed by atoms with Gasteiger partial charge in [-0.05, 0) is 41.1 Å². The number of hydrogen-bond donors (Lipinski definition) is 1. The zero-order chi connectivity index (χ0) is 13.9. The molecule has 1 N–H and O–H groups in total. The molecule has 7 heteroatoms. The van der Waals surface area contributed by atoms with E-state index in [4.69, 9.17) is 4.74 Å². The monoisotopic (exact) mass is 325 g/mol.